The Morgan fingerprint density at radius 3 is 2.52 bits per heavy atom. The van der Waals surface area contributed by atoms with Gasteiger partial charge in [0.05, 0.1) is 7.11 Å². The second-order valence-corrected chi connectivity index (χ2v) is 5.97. The fraction of sp³-hybridized carbons (Fsp3) is 0.733. The van der Waals surface area contributed by atoms with E-state index in [1.54, 1.807) is 20.8 Å². The molecule has 1 atom stereocenters. The molecule has 1 amide bonds. The number of hydrogen-bond acceptors (Lipinski definition) is 5. The number of carbonyl (C=O) groups excluding carboxylic acids is 2. The van der Waals surface area contributed by atoms with Crippen LogP contribution in [0.1, 0.15) is 27.2 Å². The van der Waals surface area contributed by atoms with Crippen LogP contribution < -0.4 is 0 Å². The molecule has 0 spiro atoms. The molecule has 0 N–H and O–H groups in total. The molecule has 1 aliphatic rings. The summed E-state index contributed by atoms with van der Waals surface area (Å²) in [5.41, 5.74) is -0.599. The summed E-state index contributed by atoms with van der Waals surface area (Å²) in [6, 6.07) is -0.656. The monoisotopic (exact) mass is 296 g/mol. The molecule has 21 heavy (non-hydrogen) atoms. The number of nitrogens with zero attached hydrogens (tertiary/aromatic N) is 2. The predicted octanol–water partition coefficient (Wildman–Crippen LogP) is 1.10. The Morgan fingerprint density at radius 2 is 2.00 bits per heavy atom. The molecule has 0 radical (unpaired) electrons. The summed E-state index contributed by atoms with van der Waals surface area (Å²) in [6.07, 6.45) is 5.38. The van der Waals surface area contributed by atoms with Gasteiger partial charge < -0.3 is 9.47 Å². The molecule has 1 saturated heterocycles. The molecule has 0 saturated carbocycles. The van der Waals surface area contributed by atoms with Crippen molar-refractivity contribution in [3.05, 3.63) is 0 Å². The third-order valence-electron chi connectivity index (χ3n) is 3.14. The Kier molecular flexibility index (Phi) is 6.03. The second kappa shape index (κ2) is 7.32. The molecular weight excluding hydrogens is 272 g/mol. The minimum absolute atomic E-state index is 0.410. The van der Waals surface area contributed by atoms with Crippen LogP contribution in [0.25, 0.3) is 0 Å². The van der Waals surface area contributed by atoms with E-state index in [0.29, 0.717) is 32.6 Å². The van der Waals surface area contributed by atoms with E-state index in [0.717, 1.165) is 0 Å². The molecule has 0 aromatic rings. The van der Waals surface area contributed by atoms with Crippen molar-refractivity contribution in [1.29, 1.82) is 0 Å². The highest BCUT2D eigenvalue weighted by Crippen LogP contribution is 2.17. The van der Waals surface area contributed by atoms with Crippen LogP contribution in [0.4, 0.5) is 4.79 Å². The van der Waals surface area contributed by atoms with Crippen molar-refractivity contribution in [1.82, 2.24) is 9.80 Å². The minimum Gasteiger partial charge on any atom is -0.467 e. The molecule has 1 fully saturated rings. The van der Waals surface area contributed by atoms with Crippen molar-refractivity contribution in [2.24, 2.45) is 0 Å². The predicted molar refractivity (Wildman–Crippen MR) is 78.6 cm³/mol. The molecular formula is C15H24N2O4. The van der Waals surface area contributed by atoms with E-state index < -0.39 is 23.7 Å². The van der Waals surface area contributed by atoms with Crippen molar-refractivity contribution in [3.8, 4) is 12.3 Å². The molecule has 0 aliphatic carbocycles. The van der Waals surface area contributed by atoms with Crippen molar-refractivity contribution >= 4 is 12.1 Å². The number of ether oxygens (including phenoxy) is 2. The van der Waals surface area contributed by atoms with Gasteiger partial charge in [-0.2, -0.15) is 0 Å². The first-order valence-corrected chi connectivity index (χ1v) is 7.01. The Hall–Kier alpha value is -1.74. The zero-order chi connectivity index (χ0) is 16.0. The van der Waals surface area contributed by atoms with E-state index in [1.165, 1.54) is 12.0 Å². The van der Waals surface area contributed by atoms with Crippen molar-refractivity contribution in [3.63, 3.8) is 0 Å². The first kappa shape index (κ1) is 17.3. The van der Waals surface area contributed by atoms with Gasteiger partial charge in [-0.25, -0.2) is 9.59 Å². The Balaban J connectivity index is 2.77. The third-order valence-corrected chi connectivity index (χ3v) is 3.14. The van der Waals surface area contributed by atoms with Crippen LogP contribution in [0.2, 0.25) is 0 Å². The summed E-state index contributed by atoms with van der Waals surface area (Å²) in [6.45, 7) is 7.57. The van der Waals surface area contributed by atoms with Gasteiger partial charge in [0.15, 0.2) is 0 Å². The van der Waals surface area contributed by atoms with Crippen LogP contribution in [0, 0.1) is 12.3 Å². The SMILES string of the molecule is C#CCCN1CCN(C(=O)OC(C)(C)C)[C@H](C(=O)OC)C1. The average molecular weight is 296 g/mol. The molecule has 1 aliphatic heterocycles. The van der Waals surface area contributed by atoms with E-state index in [-0.39, 0.29) is 0 Å². The fourth-order valence-electron chi connectivity index (χ4n) is 2.14. The molecule has 0 aromatic heterocycles. The number of amides is 1. The molecule has 1 rings (SSSR count). The highest BCUT2D eigenvalue weighted by Gasteiger charge is 2.37. The van der Waals surface area contributed by atoms with E-state index >= 15 is 0 Å². The van der Waals surface area contributed by atoms with Crippen LogP contribution in [0.3, 0.4) is 0 Å². The quantitative estimate of drug-likeness (QED) is 0.576. The number of piperazine rings is 1. The lowest BCUT2D eigenvalue weighted by molar-refractivity contribution is -0.149. The average Bonchev–Trinajstić information content (AvgIpc) is 2.42. The smallest absolute Gasteiger partial charge is 0.411 e. The van der Waals surface area contributed by atoms with Crippen molar-refractivity contribution < 1.29 is 19.1 Å². The zero-order valence-electron chi connectivity index (χ0n) is 13.2. The second-order valence-electron chi connectivity index (χ2n) is 5.97. The standard InChI is InChI=1S/C15H24N2O4/c1-6-7-8-16-9-10-17(12(11-16)13(18)20-5)14(19)21-15(2,3)4/h1,12H,7-11H2,2-5H3/t12-/m0/s1. The highest BCUT2D eigenvalue weighted by atomic mass is 16.6. The van der Waals surface area contributed by atoms with Gasteiger partial charge in [-0.05, 0) is 20.8 Å². The highest BCUT2D eigenvalue weighted by molar-refractivity contribution is 5.82. The number of methoxy groups -OCH3 is 1. The summed E-state index contributed by atoms with van der Waals surface area (Å²) >= 11 is 0. The van der Waals surface area contributed by atoms with Gasteiger partial charge in [0, 0.05) is 32.6 Å². The maximum atomic E-state index is 12.2. The molecule has 6 nitrogen and oxygen atoms in total. The van der Waals surface area contributed by atoms with Gasteiger partial charge in [-0.3, -0.25) is 9.80 Å². The summed E-state index contributed by atoms with van der Waals surface area (Å²) in [5, 5.41) is 0. The number of carbonyl (C=O) groups is 2. The Labute approximate surface area is 126 Å². The van der Waals surface area contributed by atoms with Crippen molar-refractivity contribution in [2.75, 3.05) is 33.3 Å². The normalized spacial score (nSPS) is 19.8. The molecule has 0 unspecified atom stereocenters. The van der Waals surface area contributed by atoms with Crippen LogP contribution in [-0.4, -0.2) is 66.8 Å². The Morgan fingerprint density at radius 1 is 1.33 bits per heavy atom. The fourth-order valence-corrected chi connectivity index (χ4v) is 2.14. The van der Waals surface area contributed by atoms with E-state index in [9.17, 15) is 9.59 Å². The summed E-state index contributed by atoms with van der Waals surface area (Å²) in [4.78, 5) is 27.6. The van der Waals surface area contributed by atoms with Crippen LogP contribution in [0.5, 0.6) is 0 Å². The van der Waals surface area contributed by atoms with Gasteiger partial charge in [0.25, 0.3) is 0 Å². The first-order chi connectivity index (χ1) is 9.78. The third kappa shape index (κ3) is 5.27. The molecule has 0 aromatic carbocycles. The van der Waals surface area contributed by atoms with Crippen LogP contribution in [0.15, 0.2) is 0 Å². The largest absolute Gasteiger partial charge is 0.467 e. The van der Waals surface area contributed by atoms with Gasteiger partial charge in [-0.15, -0.1) is 12.3 Å². The minimum atomic E-state index is -0.656. The Bertz CT molecular complexity index is 422. The molecule has 1 heterocycles. The first-order valence-electron chi connectivity index (χ1n) is 7.01. The molecule has 6 heteroatoms. The van der Waals surface area contributed by atoms with Gasteiger partial charge in [0.1, 0.15) is 11.6 Å². The topological polar surface area (TPSA) is 59.1 Å². The zero-order valence-corrected chi connectivity index (χ0v) is 13.2. The van der Waals surface area contributed by atoms with E-state index in [4.69, 9.17) is 15.9 Å². The number of rotatable bonds is 3. The summed E-state index contributed by atoms with van der Waals surface area (Å²) in [7, 11) is 1.32. The van der Waals surface area contributed by atoms with Gasteiger partial charge in [0.2, 0.25) is 0 Å². The number of hydrogen-bond donors (Lipinski definition) is 0. The van der Waals surface area contributed by atoms with E-state index in [2.05, 4.69) is 10.8 Å². The van der Waals surface area contributed by atoms with E-state index in [1.807, 2.05) is 0 Å². The molecule has 0 bridgehead atoms. The number of esters is 1. The maximum absolute atomic E-state index is 12.2. The maximum Gasteiger partial charge on any atom is 0.411 e. The van der Waals surface area contributed by atoms with Crippen LogP contribution in [-0.2, 0) is 14.3 Å². The lowest BCUT2D eigenvalue weighted by Gasteiger charge is -2.40. The lowest BCUT2D eigenvalue weighted by Crippen LogP contribution is -2.59. The van der Waals surface area contributed by atoms with Crippen LogP contribution >= 0.6 is 0 Å². The van der Waals surface area contributed by atoms with Crippen molar-refractivity contribution in [2.45, 2.75) is 38.8 Å². The number of terminal acetylenes is 1. The lowest BCUT2D eigenvalue weighted by atomic mass is 10.1. The summed E-state index contributed by atoms with van der Waals surface area (Å²) in [5.74, 6) is 2.14. The molecule has 118 valence electrons. The van der Waals surface area contributed by atoms with Gasteiger partial charge in [-0.1, -0.05) is 0 Å². The van der Waals surface area contributed by atoms with Gasteiger partial charge >= 0.3 is 12.1 Å². The summed E-state index contributed by atoms with van der Waals surface area (Å²) < 4.78 is 10.1.